The Kier molecular flexibility index (Phi) is 3.10. The summed E-state index contributed by atoms with van der Waals surface area (Å²) in [6, 6.07) is 10.5. The van der Waals surface area contributed by atoms with Crippen molar-refractivity contribution in [3.05, 3.63) is 41.8 Å². The fraction of sp³-hybridized carbons (Fsp3) is 0.333. The number of aromatic nitrogens is 5. The highest BCUT2D eigenvalue weighted by atomic mass is 16.5. The molecule has 1 aromatic carbocycles. The highest BCUT2D eigenvalue weighted by Gasteiger charge is 2.28. The van der Waals surface area contributed by atoms with Crippen molar-refractivity contribution in [2.24, 2.45) is 0 Å². The Labute approximate surface area is 127 Å². The van der Waals surface area contributed by atoms with Gasteiger partial charge in [-0.05, 0) is 54.5 Å². The van der Waals surface area contributed by atoms with Gasteiger partial charge in [0.2, 0.25) is 0 Å². The van der Waals surface area contributed by atoms with Gasteiger partial charge in [-0.2, -0.15) is 0 Å². The summed E-state index contributed by atoms with van der Waals surface area (Å²) >= 11 is 0. The summed E-state index contributed by atoms with van der Waals surface area (Å²) in [5.41, 5.74) is 2.94. The quantitative estimate of drug-likeness (QED) is 0.779. The van der Waals surface area contributed by atoms with Crippen LogP contribution in [0.5, 0.6) is 0 Å². The van der Waals surface area contributed by atoms with Crippen LogP contribution < -0.4 is 5.32 Å². The van der Waals surface area contributed by atoms with E-state index in [1.54, 1.807) is 0 Å². The van der Waals surface area contributed by atoms with Crippen LogP contribution >= 0.6 is 0 Å². The predicted octanol–water partition coefficient (Wildman–Crippen LogP) is 2.58. The van der Waals surface area contributed by atoms with Crippen molar-refractivity contribution in [2.45, 2.75) is 32.4 Å². The van der Waals surface area contributed by atoms with Crippen molar-refractivity contribution in [3.63, 3.8) is 0 Å². The first kappa shape index (κ1) is 13.0. The van der Waals surface area contributed by atoms with Crippen LogP contribution in [0.15, 0.2) is 34.9 Å². The van der Waals surface area contributed by atoms with E-state index in [4.69, 9.17) is 4.52 Å². The van der Waals surface area contributed by atoms with Crippen LogP contribution in [0.1, 0.15) is 30.3 Å². The van der Waals surface area contributed by atoms with Crippen LogP contribution in [0.4, 0.5) is 5.69 Å². The van der Waals surface area contributed by atoms with Gasteiger partial charge in [0.05, 0.1) is 12.6 Å². The minimum absolute atomic E-state index is 0.471. The van der Waals surface area contributed by atoms with Gasteiger partial charge in [-0.3, -0.25) is 0 Å². The summed E-state index contributed by atoms with van der Waals surface area (Å²) in [6.45, 7) is 2.52. The molecule has 7 heteroatoms. The summed E-state index contributed by atoms with van der Waals surface area (Å²) < 4.78 is 6.96. The number of hydrogen-bond acceptors (Lipinski definition) is 6. The number of benzene rings is 1. The van der Waals surface area contributed by atoms with E-state index < -0.39 is 0 Å². The molecule has 1 saturated carbocycles. The number of aryl methyl sites for hydroxylation is 1. The fourth-order valence-corrected chi connectivity index (χ4v) is 2.38. The molecule has 2 aromatic heterocycles. The Balaban J connectivity index is 1.47. The molecule has 0 unspecified atom stereocenters. The van der Waals surface area contributed by atoms with Crippen LogP contribution in [0.25, 0.3) is 11.4 Å². The number of nitrogens with one attached hydrogen (secondary N) is 1. The van der Waals surface area contributed by atoms with Crippen molar-refractivity contribution >= 4 is 5.69 Å². The molecular weight excluding hydrogens is 280 g/mol. The number of hydrogen-bond donors (Lipinski definition) is 1. The molecule has 3 aromatic rings. The van der Waals surface area contributed by atoms with Crippen LogP contribution in [0.3, 0.4) is 0 Å². The van der Waals surface area contributed by atoms with Gasteiger partial charge in [0, 0.05) is 17.3 Å². The smallest absolute Gasteiger partial charge is 0.182 e. The van der Waals surface area contributed by atoms with Gasteiger partial charge in [0.1, 0.15) is 11.5 Å². The number of tetrazole rings is 1. The maximum Gasteiger partial charge on any atom is 0.182 e. The van der Waals surface area contributed by atoms with Crippen molar-refractivity contribution in [2.75, 3.05) is 5.32 Å². The molecule has 0 radical (unpaired) electrons. The SMILES string of the molecule is Cc1cc(CNc2ccc(-c3nnnn3C3CC3)cc2)no1. The molecule has 0 atom stereocenters. The van der Waals surface area contributed by atoms with Gasteiger partial charge in [0.15, 0.2) is 5.82 Å². The highest BCUT2D eigenvalue weighted by Crippen LogP contribution is 2.36. The summed E-state index contributed by atoms with van der Waals surface area (Å²) in [7, 11) is 0. The van der Waals surface area contributed by atoms with Gasteiger partial charge in [-0.1, -0.05) is 5.16 Å². The number of anilines is 1. The second-order valence-corrected chi connectivity index (χ2v) is 5.54. The molecular formula is C15H16N6O. The Hall–Kier alpha value is -2.70. The van der Waals surface area contributed by atoms with E-state index in [0.717, 1.165) is 41.4 Å². The van der Waals surface area contributed by atoms with Crippen LogP contribution in [0.2, 0.25) is 0 Å². The monoisotopic (exact) mass is 296 g/mol. The Morgan fingerprint density at radius 3 is 2.77 bits per heavy atom. The third-order valence-corrected chi connectivity index (χ3v) is 3.68. The largest absolute Gasteiger partial charge is 0.379 e. The van der Waals surface area contributed by atoms with E-state index in [2.05, 4.69) is 26.0 Å². The minimum Gasteiger partial charge on any atom is -0.379 e. The summed E-state index contributed by atoms with van der Waals surface area (Å²) in [6.07, 6.45) is 2.32. The number of rotatable bonds is 5. The van der Waals surface area contributed by atoms with E-state index in [-0.39, 0.29) is 0 Å². The van der Waals surface area contributed by atoms with Crippen molar-refractivity contribution in [1.82, 2.24) is 25.4 Å². The third kappa shape index (κ3) is 2.57. The predicted molar refractivity (Wildman–Crippen MR) is 80.1 cm³/mol. The second-order valence-electron chi connectivity index (χ2n) is 5.54. The molecule has 4 rings (SSSR count). The zero-order valence-electron chi connectivity index (χ0n) is 12.2. The molecule has 0 amide bonds. The number of nitrogens with zero attached hydrogens (tertiary/aromatic N) is 5. The van der Waals surface area contributed by atoms with E-state index in [9.17, 15) is 0 Å². The van der Waals surface area contributed by atoms with E-state index in [1.807, 2.05) is 41.9 Å². The topological polar surface area (TPSA) is 81.7 Å². The van der Waals surface area contributed by atoms with Gasteiger partial charge in [-0.25, -0.2) is 4.68 Å². The molecule has 112 valence electrons. The van der Waals surface area contributed by atoms with Gasteiger partial charge in [-0.15, -0.1) is 5.10 Å². The molecule has 7 nitrogen and oxygen atoms in total. The molecule has 1 aliphatic carbocycles. The van der Waals surface area contributed by atoms with Gasteiger partial charge >= 0.3 is 0 Å². The van der Waals surface area contributed by atoms with Crippen molar-refractivity contribution < 1.29 is 4.52 Å². The lowest BCUT2D eigenvalue weighted by atomic mass is 10.2. The van der Waals surface area contributed by atoms with Crippen molar-refractivity contribution in [1.29, 1.82) is 0 Å². The van der Waals surface area contributed by atoms with E-state index in [0.29, 0.717) is 12.6 Å². The second kappa shape index (κ2) is 5.25. The van der Waals surface area contributed by atoms with Crippen LogP contribution in [0, 0.1) is 6.92 Å². The van der Waals surface area contributed by atoms with Crippen LogP contribution in [-0.4, -0.2) is 25.4 Å². The zero-order chi connectivity index (χ0) is 14.9. The average Bonchev–Trinajstić information content (AvgIpc) is 3.11. The molecule has 0 bridgehead atoms. The first-order valence-corrected chi connectivity index (χ1v) is 7.34. The molecule has 1 aliphatic rings. The highest BCUT2D eigenvalue weighted by molar-refractivity contribution is 5.59. The molecule has 0 spiro atoms. The fourth-order valence-electron chi connectivity index (χ4n) is 2.38. The summed E-state index contributed by atoms with van der Waals surface area (Å²) in [5, 5.41) is 19.3. The Morgan fingerprint density at radius 1 is 1.27 bits per heavy atom. The first-order valence-electron chi connectivity index (χ1n) is 7.34. The maximum absolute atomic E-state index is 5.05. The minimum atomic E-state index is 0.471. The maximum atomic E-state index is 5.05. The molecule has 1 N–H and O–H groups in total. The first-order chi connectivity index (χ1) is 10.8. The van der Waals surface area contributed by atoms with Crippen LogP contribution in [-0.2, 0) is 6.54 Å². The summed E-state index contributed by atoms with van der Waals surface area (Å²) in [4.78, 5) is 0. The zero-order valence-corrected chi connectivity index (χ0v) is 12.2. The molecule has 2 heterocycles. The average molecular weight is 296 g/mol. The lowest BCUT2D eigenvalue weighted by Gasteiger charge is -2.06. The lowest BCUT2D eigenvalue weighted by Crippen LogP contribution is -2.01. The van der Waals surface area contributed by atoms with Crippen molar-refractivity contribution in [3.8, 4) is 11.4 Å². The molecule has 0 saturated heterocycles. The summed E-state index contributed by atoms with van der Waals surface area (Å²) in [5.74, 6) is 1.65. The Bertz CT molecular complexity index is 771. The third-order valence-electron chi connectivity index (χ3n) is 3.68. The molecule has 22 heavy (non-hydrogen) atoms. The normalized spacial score (nSPS) is 14.2. The van der Waals surface area contributed by atoms with E-state index in [1.165, 1.54) is 0 Å². The van der Waals surface area contributed by atoms with Gasteiger partial charge < -0.3 is 9.84 Å². The molecule has 1 fully saturated rings. The lowest BCUT2D eigenvalue weighted by molar-refractivity contribution is 0.391. The standard InChI is InChI=1S/C15H16N6O/c1-10-8-13(18-22-10)9-16-12-4-2-11(3-5-12)15-17-19-20-21(15)14-6-7-14/h2-5,8,14,16H,6-7,9H2,1H3. The Morgan fingerprint density at radius 2 is 2.09 bits per heavy atom. The van der Waals surface area contributed by atoms with Gasteiger partial charge in [0.25, 0.3) is 0 Å². The molecule has 0 aliphatic heterocycles. The van der Waals surface area contributed by atoms with E-state index >= 15 is 0 Å².